The first-order chi connectivity index (χ1) is 19.4. The number of aryl methyl sites for hydroxylation is 1. The molecule has 0 bridgehead atoms. The maximum atomic E-state index is 13.9. The molecule has 2 aliphatic rings. The lowest BCUT2D eigenvalue weighted by molar-refractivity contribution is -0.142. The van der Waals surface area contributed by atoms with E-state index in [-0.39, 0.29) is 29.8 Å². The summed E-state index contributed by atoms with van der Waals surface area (Å²) in [4.78, 5) is 35.7. The summed E-state index contributed by atoms with van der Waals surface area (Å²) in [6.45, 7) is 3.74. The number of carbonyl (C=O) groups is 1. The Kier molecular flexibility index (Phi) is 7.29. The van der Waals surface area contributed by atoms with Gasteiger partial charge < -0.3 is 14.6 Å². The van der Waals surface area contributed by atoms with Crippen LogP contribution in [0.1, 0.15) is 36.3 Å². The SMILES string of the molecule is Cn1ccc2c(=O)n(CC3(O)CCN(C(=O)[C@H]4CCN(Cc5ccccc5)C[C@@H]4c4ccccc4)CC3)cnc21. The van der Waals surface area contributed by atoms with Crippen LogP contribution in [0.25, 0.3) is 11.0 Å². The van der Waals surface area contributed by atoms with E-state index in [1.807, 2.05) is 34.8 Å². The molecule has 6 rings (SSSR count). The summed E-state index contributed by atoms with van der Waals surface area (Å²) in [6.07, 6.45) is 5.01. The van der Waals surface area contributed by atoms with Crippen LogP contribution in [0.2, 0.25) is 0 Å². The van der Waals surface area contributed by atoms with Crippen LogP contribution < -0.4 is 5.56 Å². The van der Waals surface area contributed by atoms with Crippen molar-refractivity contribution in [2.45, 2.75) is 43.9 Å². The Labute approximate surface area is 234 Å². The predicted molar refractivity (Wildman–Crippen MR) is 155 cm³/mol. The lowest BCUT2D eigenvalue weighted by Crippen LogP contribution is -2.53. The molecule has 2 saturated heterocycles. The summed E-state index contributed by atoms with van der Waals surface area (Å²) in [7, 11) is 1.86. The fraction of sp³-hybridized carbons (Fsp3) is 0.406. The first-order valence-electron chi connectivity index (χ1n) is 14.2. The summed E-state index contributed by atoms with van der Waals surface area (Å²) in [5.41, 5.74) is 1.93. The second-order valence-electron chi connectivity index (χ2n) is 11.5. The quantitative estimate of drug-likeness (QED) is 0.406. The third-order valence-electron chi connectivity index (χ3n) is 8.81. The lowest BCUT2D eigenvalue weighted by atomic mass is 9.79. The molecule has 2 aromatic heterocycles. The number of aromatic nitrogens is 3. The van der Waals surface area contributed by atoms with Crippen molar-refractivity contribution in [3.05, 3.63) is 101 Å². The standard InChI is InChI=1S/C32H37N5O3/c1-34-16-12-27-29(34)33-23-37(31(27)39)22-32(40)14-18-36(19-15-32)30(38)26-13-17-35(20-24-8-4-2-5-9-24)21-28(26)25-10-6-3-7-11-25/h2-12,16,23,26,28,40H,13-15,17-22H2,1H3/t26-,28+/m0/s1. The van der Waals surface area contributed by atoms with Gasteiger partial charge in [-0.3, -0.25) is 19.1 Å². The number of nitrogens with zero attached hydrogens (tertiary/aromatic N) is 5. The molecule has 4 heterocycles. The molecule has 4 aromatic rings. The molecule has 1 N–H and O–H groups in total. The molecular weight excluding hydrogens is 502 g/mol. The van der Waals surface area contributed by atoms with Crippen LogP contribution in [0.3, 0.4) is 0 Å². The Morgan fingerprint density at radius 1 is 1.00 bits per heavy atom. The summed E-state index contributed by atoms with van der Waals surface area (Å²) in [5, 5.41) is 12.0. The van der Waals surface area contributed by atoms with Crippen LogP contribution in [-0.4, -0.2) is 66.7 Å². The third-order valence-corrected chi connectivity index (χ3v) is 8.81. The fourth-order valence-corrected chi connectivity index (χ4v) is 6.48. The molecule has 0 unspecified atom stereocenters. The van der Waals surface area contributed by atoms with Gasteiger partial charge in [-0.1, -0.05) is 60.7 Å². The highest BCUT2D eigenvalue weighted by atomic mass is 16.3. The summed E-state index contributed by atoms with van der Waals surface area (Å²) in [6, 6.07) is 22.7. The molecule has 0 radical (unpaired) electrons. The molecule has 1 amide bonds. The van der Waals surface area contributed by atoms with Crippen LogP contribution >= 0.6 is 0 Å². The van der Waals surface area contributed by atoms with E-state index in [2.05, 4.69) is 58.4 Å². The highest BCUT2D eigenvalue weighted by molar-refractivity contribution is 5.80. The fourth-order valence-electron chi connectivity index (χ4n) is 6.48. The van der Waals surface area contributed by atoms with Gasteiger partial charge in [0, 0.05) is 51.3 Å². The average Bonchev–Trinajstić information content (AvgIpc) is 3.36. The van der Waals surface area contributed by atoms with Crippen molar-refractivity contribution in [1.82, 2.24) is 23.9 Å². The Morgan fingerprint density at radius 3 is 2.42 bits per heavy atom. The van der Waals surface area contributed by atoms with Gasteiger partial charge in [0.05, 0.1) is 17.5 Å². The maximum absolute atomic E-state index is 13.9. The number of hydrogen-bond donors (Lipinski definition) is 1. The second kappa shape index (κ2) is 11.0. The zero-order valence-electron chi connectivity index (χ0n) is 23.0. The Balaban J connectivity index is 1.13. The number of rotatable bonds is 6. The van der Waals surface area contributed by atoms with Crippen molar-refractivity contribution in [1.29, 1.82) is 0 Å². The predicted octanol–water partition coefficient (Wildman–Crippen LogP) is 3.39. The highest BCUT2D eigenvalue weighted by Crippen LogP contribution is 2.36. The van der Waals surface area contributed by atoms with Crippen LogP contribution in [0.15, 0.2) is 84.0 Å². The zero-order chi connectivity index (χ0) is 27.7. The first kappa shape index (κ1) is 26.5. The highest BCUT2D eigenvalue weighted by Gasteiger charge is 2.40. The van der Waals surface area contributed by atoms with Crippen LogP contribution in [-0.2, 0) is 24.9 Å². The summed E-state index contributed by atoms with van der Waals surface area (Å²) in [5.74, 6) is 0.210. The molecule has 2 aromatic carbocycles. The molecule has 40 heavy (non-hydrogen) atoms. The summed E-state index contributed by atoms with van der Waals surface area (Å²) < 4.78 is 3.32. The molecule has 0 aliphatic carbocycles. The van der Waals surface area contributed by atoms with Crippen LogP contribution in [0, 0.1) is 5.92 Å². The molecule has 2 aliphatic heterocycles. The molecule has 0 spiro atoms. The van der Waals surface area contributed by atoms with E-state index >= 15 is 0 Å². The largest absolute Gasteiger partial charge is 0.388 e. The first-order valence-corrected chi connectivity index (χ1v) is 14.2. The van der Waals surface area contributed by atoms with E-state index in [1.54, 1.807) is 6.07 Å². The second-order valence-corrected chi connectivity index (χ2v) is 11.5. The van der Waals surface area contributed by atoms with Crippen LogP contribution in [0.5, 0.6) is 0 Å². The number of fused-ring (bicyclic) bond motifs is 1. The van der Waals surface area contributed by atoms with E-state index < -0.39 is 5.60 Å². The number of benzene rings is 2. The third kappa shape index (κ3) is 5.33. The summed E-state index contributed by atoms with van der Waals surface area (Å²) >= 11 is 0. The van der Waals surface area contributed by atoms with Gasteiger partial charge in [-0.25, -0.2) is 4.98 Å². The van der Waals surface area contributed by atoms with Gasteiger partial charge in [-0.15, -0.1) is 0 Å². The van der Waals surface area contributed by atoms with Gasteiger partial charge in [-0.2, -0.15) is 0 Å². The van der Waals surface area contributed by atoms with Gasteiger partial charge in [0.2, 0.25) is 5.91 Å². The maximum Gasteiger partial charge on any atom is 0.262 e. The van der Waals surface area contributed by atoms with Crippen molar-refractivity contribution in [3.63, 3.8) is 0 Å². The molecule has 208 valence electrons. The van der Waals surface area contributed by atoms with Crippen molar-refractivity contribution in [2.75, 3.05) is 26.2 Å². The molecular formula is C32H37N5O3. The Morgan fingerprint density at radius 2 is 1.70 bits per heavy atom. The van der Waals surface area contributed by atoms with E-state index in [0.717, 1.165) is 26.1 Å². The molecule has 2 atom stereocenters. The molecule has 2 fully saturated rings. The van der Waals surface area contributed by atoms with Gasteiger partial charge in [-0.05, 0) is 43.0 Å². The van der Waals surface area contributed by atoms with Gasteiger partial charge in [0.1, 0.15) is 12.0 Å². The van der Waals surface area contributed by atoms with Gasteiger partial charge >= 0.3 is 0 Å². The number of hydrogen-bond acceptors (Lipinski definition) is 5. The number of likely N-dealkylation sites (tertiary alicyclic amines) is 2. The molecule has 8 heteroatoms. The minimum absolute atomic E-state index is 0.0899. The Hall–Kier alpha value is -3.75. The van der Waals surface area contributed by atoms with E-state index in [0.29, 0.717) is 37.0 Å². The van der Waals surface area contributed by atoms with Crippen LogP contribution in [0.4, 0.5) is 0 Å². The smallest absolute Gasteiger partial charge is 0.262 e. The monoisotopic (exact) mass is 539 g/mol. The van der Waals surface area contributed by atoms with Gasteiger partial charge in [0.15, 0.2) is 0 Å². The van der Waals surface area contributed by atoms with Gasteiger partial charge in [0.25, 0.3) is 5.56 Å². The van der Waals surface area contributed by atoms with Crippen molar-refractivity contribution >= 4 is 16.9 Å². The van der Waals surface area contributed by atoms with Crippen molar-refractivity contribution < 1.29 is 9.90 Å². The minimum atomic E-state index is -1.05. The van der Waals surface area contributed by atoms with Crippen molar-refractivity contribution in [3.8, 4) is 0 Å². The minimum Gasteiger partial charge on any atom is -0.388 e. The number of aliphatic hydroxyl groups is 1. The van der Waals surface area contributed by atoms with Crippen molar-refractivity contribution in [2.24, 2.45) is 13.0 Å². The van der Waals surface area contributed by atoms with E-state index in [9.17, 15) is 14.7 Å². The number of amides is 1. The number of carbonyl (C=O) groups excluding carboxylic acids is 1. The Bertz CT molecular complexity index is 1520. The molecule has 0 saturated carbocycles. The zero-order valence-corrected chi connectivity index (χ0v) is 23.0. The van der Waals surface area contributed by atoms with E-state index in [1.165, 1.54) is 22.0 Å². The molecule has 8 nitrogen and oxygen atoms in total. The average molecular weight is 540 g/mol. The lowest BCUT2D eigenvalue weighted by Gasteiger charge is -2.43. The normalized spacial score (nSPS) is 21.5. The van der Waals surface area contributed by atoms with E-state index in [4.69, 9.17) is 0 Å². The number of piperidine rings is 2. The topological polar surface area (TPSA) is 83.6 Å².